The normalized spacial score (nSPS) is 17.4. The van der Waals surface area contributed by atoms with E-state index in [-0.39, 0.29) is 24.1 Å². The van der Waals surface area contributed by atoms with Gasteiger partial charge in [0.25, 0.3) is 5.91 Å². The zero-order chi connectivity index (χ0) is 21.2. The maximum Gasteiger partial charge on any atom is 0.416 e. The molecule has 0 spiro atoms. The minimum atomic E-state index is -4.52. The van der Waals surface area contributed by atoms with Gasteiger partial charge in [0.1, 0.15) is 0 Å². The number of likely N-dealkylation sites (N-methyl/N-ethyl adjacent to an activating group) is 1. The number of amides is 1. The second-order valence-corrected chi connectivity index (χ2v) is 7.49. The van der Waals surface area contributed by atoms with Gasteiger partial charge < -0.3 is 9.64 Å². The molecule has 1 fully saturated rings. The lowest BCUT2D eigenvalue weighted by Crippen LogP contribution is -2.51. The second kappa shape index (κ2) is 8.19. The van der Waals surface area contributed by atoms with E-state index in [4.69, 9.17) is 4.74 Å². The van der Waals surface area contributed by atoms with Gasteiger partial charge in [-0.15, -0.1) is 0 Å². The average molecular weight is 405 g/mol. The van der Waals surface area contributed by atoms with Crippen molar-refractivity contribution in [2.24, 2.45) is 0 Å². The number of hydrogen-bond acceptors (Lipinski definition) is 2. The van der Waals surface area contributed by atoms with Crippen molar-refractivity contribution in [3.05, 3.63) is 71.3 Å². The Kier molecular flexibility index (Phi) is 6.03. The van der Waals surface area contributed by atoms with Crippen molar-refractivity contribution in [1.82, 2.24) is 4.90 Å². The summed E-state index contributed by atoms with van der Waals surface area (Å²) in [5.74, 6) is -1.16. The molecule has 2 unspecified atom stereocenters. The van der Waals surface area contributed by atoms with Crippen molar-refractivity contribution in [3.8, 4) is 0 Å². The first-order valence-corrected chi connectivity index (χ1v) is 9.86. The molecule has 2 atom stereocenters. The van der Waals surface area contributed by atoms with Crippen LogP contribution in [-0.2, 0) is 21.3 Å². The fraction of sp³-hybridized carbons (Fsp3) is 0.435. The van der Waals surface area contributed by atoms with Crippen LogP contribution in [0.25, 0.3) is 0 Å². The van der Waals surface area contributed by atoms with Crippen LogP contribution in [0.1, 0.15) is 49.3 Å². The van der Waals surface area contributed by atoms with Crippen LogP contribution in [0, 0.1) is 0 Å². The third-order valence-electron chi connectivity index (χ3n) is 5.65. The van der Waals surface area contributed by atoms with Crippen molar-refractivity contribution in [1.29, 1.82) is 0 Å². The third-order valence-corrected chi connectivity index (χ3v) is 5.65. The molecule has 3 rings (SSSR count). The van der Waals surface area contributed by atoms with E-state index < -0.39 is 23.3 Å². The van der Waals surface area contributed by atoms with E-state index in [2.05, 4.69) is 0 Å². The Balaban J connectivity index is 2.21. The zero-order valence-electron chi connectivity index (χ0n) is 16.9. The number of benzene rings is 2. The van der Waals surface area contributed by atoms with Crippen LogP contribution in [0.5, 0.6) is 0 Å². The number of hydrogen-bond donors (Lipinski definition) is 0. The summed E-state index contributed by atoms with van der Waals surface area (Å²) in [5, 5.41) is 0. The van der Waals surface area contributed by atoms with Gasteiger partial charge in [-0.3, -0.25) is 4.79 Å². The largest absolute Gasteiger partial charge is 0.416 e. The van der Waals surface area contributed by atoms with Crippen molar-refractivity contribution in [3.63, 3.8) is 0 Å². The summed E-state index contributed by atoms with van der Waals surface area (Å²) in [7, 11) is 1.71. The fourth-order valence-corrected chi connectivity index (χ4v) is 3.98. The van der Waals surface area contributed by atoms with E-state index in [0.717, 1.165) is 18.9 Å². The second-order valence-electron chi connectivity index (χ2n) is 7.49. The standard InChI is InChI=1S/C23H26F3NO2/c1-4-29-22(17-10-6-5-7-11-17,21(28)27(3)18-14-15-18)16(2)19-12-8-9-13-20(19)23(24,25)26/h5-13,16,18H,4,14-15H2,1-3H3. The Bertz CT molecular complexity index is 849. The Morgan fingerprint density at radius 1 is 1.10 bits per heavy atom. The highest BCUT2D eigenvalue weighted by atomic mass is 19.4. The molecule has 0 N–H and O–H groups in total. The maximum absolute atomic E-state index is 13.7. The van der Waals surface area contributed by atoms with E-state index in [1.54, 1.807) is 56.1 Å². The predicted octanol–water partition coefficient (Wildman–Crippen LogP) is 5.36. The molecule has 156 valence electrons. The number of carbonyl (C=O) groups is 1. The number of rotatable bonds is 7. The molecule has 0 radical (unpaired) electrons. The van der Waals surface area contributed by atoms with Crippen molar-refractivity contribution in [2.45, 2.75) is 50.4 Å². The van der Waals surface area contributed by atoms with Gasteiger partial charge in [-0.1, -0.05) is 55.5 Å². The molecule has 0 bridgehead atoms. The molecule has 6 heteroatoms. The highest BCUT2D eigenvalue weighted by Gasteiger charge is 2.52. The molecule has 3 nitrogen and oxygen atoms in total. The molecule has 2 aromatic rings. The lowest BCUT2D eigenvalue weighted by molar-refractivity contribution is -0.164. The molecule has 0 heterocycles. The highest BCUT2D eigenvalue weighted by Crippen LogP contribution is 2.46. The fourth-order valence-electron chi connectivity index (χ4n) is 3.98. The van der Waals surface area contributed by atoms with E-state index >= 15 is 0 Å². The molecule has 1 saturated carbocycles. The molecule has 1 amide bonds. The minimum Gasteiger partial charge on any atom is -0.360 e. The Morgan fingerprint density at radius 3 is 2.24 bits per heavy atom. The summed E-state index contributed by atoms with van der Waals surface area (Å²) in [4.78, 5) is 15.4. The smallest absolute Gasteiger partial charge is 0.360 e. The molecular formula is C23H26F3NO2. The van der Waals surface area contributed by atoms with Crippen molar-refractivity contribution in [2.75, 3.05) is 13.7 Å². The van der Waals surface area contributed by atoms with Crippen LogP contribution in [-0.4, -0.2) is 30.5 Å². The lowest BCUT2D eigenvalue weighted by Gasteiger charge is -2.41. The van der Waals surface area contributed by atoms with Crippen LogP contribution >= 0.6 is 0 Å². The van der Waals surface area contributed by atoms with Crippen molar-refractivity contribution < 1.29 is 22.7 Å². The lowest BCUT2D eigenvalue weighted by atomic mass is 9.75. The number of alkyl halides is 3. The number of nitrogens with zero attached hydrogens (tertiary/aromatic N) is 1. The van der Waals surface area contributed by atoms with Gasteiger partial charge in [-0.25, -0.2) is 0 Å². The summed E-state index contributed by atoms with van der Waals surface area (Å²) in [6.07, 6.45) is -2.73. The minimum absolute atomic E-state index is 0.0508. The first-order valence-electron chi connectivity index (χ1n) is 9.86. The zero-order valence-corrected chi connectivity index (χ0v) is 16.9. The summed E-state index contributed by atoms with van der Waals surface area (Å²) in [6, 6.07) is 14.4. The molecule has 1 aliphatic rings. The third kappa shape index (κ3) is 4.04. The van der Waals surface area contributed by atoms with Gasteiger partial charge in [0.2, 0.25) is 0 Å². The number of carbonyl (C=O) groups excluding carboxylic acids is 1. The highest BCUT2D eigenvalue weighted by molar-refractivity contribution is 5.88. The topological polar surface area (TPSA) is 29.5 Å². The Morgan fingerprint density at radius 2 is 1.69 bits per heavy atom. The quantitative estimate of drug-likeness (QED) is 0.621. The number of halogens is 3. The Hall–Kier alpha value is -2.34. The average Bonchev–Trinajstić information content (AvgIpc) is 3.56. The first kappa shape index (κ1) is 21.4. The van der Waals surface area contributed by atoms with Crippen LogP contribution in [0.4, 0.5) is 13.2 Å². The van der Waals surface area contributed by atoms with Crippen molar-refractivity contribution >= 4 is 5.91 Å². The molecule has 2 aromatic carbocycles. The molecule has 0 saturated heterocycles. The van der Waals surface area contributed by atoms with E-state index in [9.17, 15) is 18.0 Å². The van der Waals surface area contributed by atoms with Crippen LogP contribution in [0.15, 0.2) is 54.6 Å². The van der Waals surface area contributed by atoms with Gasteiger partial charge in [0, 0.05) is 25.6 Å². The summed E-state index contributed by atoms with van der Waals surface area (Å²) in [5.41, 5.74) is -1.68. The maximum atomic E-state index is 13.7. The summed E-state index contributed by atoms with van der Waals surface area (Å²) < 4.78 is 47.3. The summed E-state index contributed by atoms with van der Waals surface area (Å²) >= 11 is 0. The van der Waals surface area contributed by atoms with E-state index in [0.29, 0.717) is 5.56 Å². The van der Waals surface area contributed by atoms with Gasteiger partial charge >= 0.3 is 6.18 Å². The molecular weight excluding hydrogens is 379 g/mol. The molecule has 0 aromatic heterocycles. The molecule has 1 aliphatic carbocycles. The van der Waals surface area contributed by atoms with E-state index in [1.807, 2.05) is 6.07 Å². The van der Waals surface area contributed by atoms with Crippen LogP contribution < -0.4 is 0 Å². The molecule has 0 aliphatic heterocycles. The van der Waals surface area contributed by atoms with Gasteiger partial charge in [0.05, 0.1) is 5.56 Å². The first-order chi connectivity index (χ1) is 13.7. The van der Waals surface area contributed by atoms with Gasteiger partial charge in [-0.05, 0) is 37.0 Å². The Labute approximate surface area is 169 Å². The SMILES string of the molecule is CCOC(C(=O)N(C)C1CC1)(c1ccccc1)C(C)c1ccccc1C(F)(F)F. The van der Waals surface area contributed by atoms with Gasteiger partial charge in [-0.2, -0.15) is 13.2 Å². The summed E-state index contributed by atoms with van der Waals surface area (Å²) in [6.45, 7) is 3.59. The van der Waals surface area contributed by atoms with E-state index in [1.165, 1.54) is 12.1 Å². The molecule has 29 heavy (non-hydrogen) atoms. The monoisotopic (exact) mass is 405 g/mol. The van der Waals surface area contributed by atoms with Crippen LogP contribution in [0.2, 0.25) is 0 Å². The number of ether oxygens (including phenoxy) is 1. The predicted molar refractivity (Wildman–Crippen MR) is 105 cm³/mol. The van der Waals surface area contributed by atoms with Gasteiger partial charge in [0.15, 0.2) is 5.60 Å². The van der Waals surface area contributed by atoms with Crippen LogP contribution in [0.3, 0.4) is 0 Å².